The first-order chi connectivity index (χ1) is 15.2. The average Bonchev–Trinajstić information content (AvgIpc) is 3.45. The minimum Gasteiger partial charge on any atom is -0.341 e. The van der Waals surface area contributed by atoms with Crippen molar-refractivity contribution in [3.05, 3.63) is 60.2 Å². The van der Waals surface area contributed by atoms with Crippen molar-refractivity contribution in [1.29, 1.82) is 0 Å². The lowest BCUT2D eigenvalue weighted by Gasteiger charge is -2.43. The second-order valence-corrected chi connectivity index (χ2v) is 9.46. The summed E-state index contributed by atoms with van der Waals surface area (Å²) < 4.78 is 0. The molecule has 3 aliphatic rings. The SMILES string of the molecule is O=C1N(CCN2CCCC2)CCC[C@@]12CN(Cc1ccncc1)C[C@H]2c1cccnc1. The Morgan fingerprint density at radius 3 is 2.55 bits per heavy atom. The maximum absolute atomic E-state index is 14.0. The number of nitrogens with zero attached hydrogens (tertiary/aromatic N) is 5. The van der Waals surface area contributed by atoms with E-state index in [0.29, 0.717) is 5.91 Å². The van der Waals surface area contributed by atoms with Gasteiger partial charge in [0.15, 0.2) is 0 Å². The summed E-state index contributed by atoms with van der Waals surface area (Å²) in [6, 6.07) is 8.32. The van der Waals surface area contributed by atoms with Gasteiger partial charge in [0, 0.05) is 70.0 Å². The Hall–Kier alpha value is -2.31. The summed E-state index contributed by atoms with van der Waals surface area (Å²) in [7, 11) is 0. The lowest BCUT2D eigenvalue weighted by Crippen LogP contribution is -2.53. The minimum atomic E-state index is -0.334. The van der Waals surface area contributed by atoms with Crippen LogP contribution in [0.1, 0.15) is 42.7 Å². The first-order valence-electron chi connectivity index (χ1n) is 11.8. The number of piperidine rings is 1. The third-order valence-electron chi connectivity index (χ3n) is 7.50. The highest BCUT2D eigenvalue weighted by molar-refractivity contribution is 5.85. The molecule has 5 heterocycles. The van der Waals surface area contributed by atoms with Gasteiger partial charge in [0.05, 0.1) is 5.41 Å². The highest BCUT2D eigenvalue weighted by atomic mass is 16.2. The van der Waals surface area contributed by atoms with E-state index in [0.717, 1.165) is 52.1 Å². The van der Waals surface area contributed by atoms with E-state index in [9.17, 15) is 4.79 Å². The molecule has 0 N–H and O–H groups in total. The Kier molecular flexibility index (Phi) is 6.01. The lowest BCUT2D eigenvalue weighted by molar-refractivity contribution is -0.146. The number of rotatable bonds is 6. The number of carbonyl (C=O) groups excluding carboxylic acids is 1. The summed E-state index contributed by atoms with van der Waals surface area (Å²) >= 11 is 0. The van der Waals surface area contributed by atoms with Gasteiger partial charge in [-0.25, -0.2) is 0 Å². The van der Waals surface area contributed by atoms with Gasteiger partial charge in [0.2, 0.25) is 5.91 Å². The summed E-state index contributed by atoms with van der Waals surface area (Å²) in [5.74, 6) is 0.564. The Balaban J connectivity index is 1.38. The summed E-state index contributed by atoms with van der Waals surface area (Å²) in [6.45, 7) is 7.75. The van der Waals surface area contributed by atoms with Gasteiger partial charge in [-0.05, 0) is 68.1 Å². The molecule has 3 saturated heterocycles. The summed E-state index contributed by atoms with van der Waals surface area (Å²) in [5.41, 5.74) is 2.12. The molecule has 0 aliphatic carbocycles. The van der Waals surface area contributed by atoms with E-state index in [4.69, 9.17) is 0 Å². The van der Waals surface area contributed by atoms with Crippen LogP contribution >= 0.6 is 0 Å². The van der Waals surface area contributed by atoms with E-state index in [1.165, 1.54) is 37.1 Å². The molecule has 0 aromatic carbocycles. The van der Waals surface area contributed by atoms with E-state index >= 15 is 0 Å². The predicted octanol–water partition coefficient (Wildman–Crippen LogP) is 2.78. The fourth-order valence-electron chi connectivity index (χ4n) is 5.94. The van der Waals surface area contributed by atoms with Crippen LogP contribution in [-0.2, 0) is 11.3 Å². The largest absolute Gasteiger partial charge is 0.341 e. The van der Waals surface area contributed by atoms with Crippen molar-refractivity contribution in [3.8, 4) is 0 Å². The standard InChI is InChI=1S/C25H33N5O/c31-24-25(8-4-14-30(24)16-15-28-12-1-2-13-28)20-29(18-21-6-10-26-11-7-21)19-23(25)22-5-3-9-27-17-22/h3,5-7,9-11,17,23H,1-2,4,8,12-16,18-20H2/t23-,25-/m0/s1. The molecule has 2 aromatic rings. The van der Waals surface area contributed by atoms with Crippen molar-refractivity contribution in [2.45, 2.75) is 38.1 Å². The van der Waals surface area contributed by atoms with Gasteiger partial charge in [-0.2, -0.15) is 0 Å². The quantitative estimate of drug-likeness (QED) is 0.721. The Morgan fingerprint density at radius 2 is 1.77 bits per heavy atom. The van der Waals surface area contributed by atoms with E-state index in [1.54, 1.807) is 0 Å². The molecule has 2 aromatic heterocycles. The zero-order valence-electron chi connectivity index (χ0n) is 18.3. The van der Waals surface area contributed by atoms with Crippen LogP contribution in [0.2, 0.25) is 0 Å². The van der Waals surface area contributed by atoms with Crippen LogP contribution in [0.4, 0.5) is 0 Å². The van der Waals surface area contributed by atoms with Crippen molar-refractivity contribution in [3.63, 3.8) is 0 Å². The number of amides is 1. The molecule has 5 rings (SSSR count). The highest BCUT2D eigenvalue weighted by Gasteiger charge is 2.55. The third kappa shape index (κ3) is 4.23. The molecule has 0 unspecified atom stereocenters. The van der Waals surface area contributed by atoms with Crippen LogP contribution in [0.15, 0.2) is 49.1 Å². The molecule has 0 bridgehead atoms. The Bertz CT molecular complexity index is 870. The molecule has 2 atom stereocenters. The molecular weight excluding hydrogens is 386 g/mol. The zero-order chi connectivity index (χ0) is 21.1. The number of hydrogen-bond acceptors (Lipinski definition) is 5. The monoisotopic (exact) mass is 419 g/mol. The van der Waals surface area contributed by atoms with E-state index < -0.39 is 0 Å². The third-order valence-corrected chi connectivity index (χ3v) is 7.50. The van der Waals surface area contributed by atoms with Gasteiger partial charge in [-0.15, -0.1) is 0 Å². The molecule has 3 aliphatic heterocycles. The Morgan fingerprint density at radius 1 is 0.935 bits per heavy atom. The van der Waals surface area contributed by atoms with Crippen molar-refractivity contribution in [2.24, 2.45) is 5.41 Å². The molecule has 1 spiro atoms. The van der Waals surface area contributed by atoms with Gasteiger partial charge in [0.25, 0.3) is 0 Å². The summed E-state index contributed by atoms with van der Waals surface area (Å²) in [6.07, 6.45) is 12.2. The first kappa shape index (κ1) is 20.6. The molecule has 6 nitrogen and oxygen atoms in total. The van der Waals surface area contributed by atoms with Gasteiger partial charge in [0.1, 0.15) is 0 Å². The molecular formula is C25H33N5O. The summed E-state index contributed by atoms with van der Waals surface area (Å²) in [4.78, 5) is 29.7. The van der Waals surface area contributed by atoms with Crippen molar-refractivity contribution in [1.82, 2.24) is 24.7 Å². The number of aromatic nitrogens is 2. The van der Waals surface area contributed by atoms with E-state index in [1.807, 2.05) is 30.9 Å². The lowest BCUT2D eigenvalue weighted by atomic mass is 9.69. The van der Waals surface area contributed by atoms with E-state index in [2.05, 4.69) is 42.9 Å². The van der Waals surface area contributed by atoms with E-state index in [-0.39, 0.29) is 11.3 Å². The molecule has 164 valence electrons. The Labute approximate surface area is 185 Å². The van der Waals surface area contributed by atoms with Crippen LogP contribution < -0.4 is 0 Å². The van der Waals surface area contributed by atoms with Crippen LogP contribution in [0.25, 0.3) is 0 Å². The van der Waals surface area contributed by atoms with Crippen molar-refractivity contribution < 1.29 is 4.79 Å². The smallest absolute Gasteiger partial charge is 0.230 e. The summed E-state index contributed by atoms with van der Waals surface area (Å²) in [5, 5.41) is 0. The second-order valence-electron chi connectivity index (χ2n) is 9.46. The van der Waals surface area contributed by atoms with Crippen molar-refractivity contribution >= 4 is 5.91 Å². The minimum absolute atomic E-state index is 0.199. The number of likely N-dealkylation sites (tertiary alicyclic amines) is 3. The normalized spacial score (nSPS) is 27.4. The topological polar surface area (TPSA) is 52.6 Å². The number of hydrogen-bond donors (Lipinski definition) is 0. The molecule has 0 saturated carbocycles. The van der Waals surface area contributed by atoms with Crippen LogP contribution in [-0.4, -0.2) is 76.4 Å². The second kappa shape index (κ2) is 9.05. The maximum Gasteiger partial charge on any atom is 0.230 e. The number of pyridine rings is 2. The van der Waals surface area contributed by atoms with Crippen molar-refractivity contribution in [2.75, 3.05) is 45.8 Å². The molecule has 0 radical (unpaired) electrons. The van der Waals surface area contributed by atoms with Crippen LogP contribution in [0.5, 0.6) is 0 Å². The fraction of sp³-hybridized carbons (Fsp3) is 0.560. The molecule has 31 heavy (non-hydrogen) atoms. The van der Waals surface area contributed by atoms with Crippen LogP contribution in [0.3, 0.4) is 0 Å². The molecule has 3 fully saturated rings. The van der Waals surface area contributed by atoms with Gasteiger partial charge >= 0.3 is 0 Å². The fourth-order valence-corrected chi connectivity index (χ4v) is 5.94. The highest BCUT2D eigenvalue weighted by Crippen LogP contribution is 2.49. The average molecular weight is 420 g/mol. The molecule has 6 heteroatoms. The number of carbonyl (C=O) groups is 1. The first-order valence-corrected chi connectivity index (χ1v) is 11.8. The van der Waals surface area contributed by atoms with Gasteiger partial charge < -0.3 is 9.80 Å². The predicted molar refractivity (Wildman–Crippen MR) is 120 cm³/mol. The van der Waals surface area contributed by atoms with Gasteiger partial charge in [-0.3, -0.25) is 19.7 Å². The zero-order valence-corrected chi connectivity index (χ0v) is 18.3. The van der Waals surface area contributed by atoms with Gasteiger partial charge in [-0.1, -0.05) is 6.07 Å². The molecule has 1 amide bonds. The maximum atomic E-state index is 14.0. The van der Waals surface area contributed by atoms with Crippen LogP contribution in [0, 0.1) is 5.41 Å².